The van der Waals surface area contributed by atoms with Crippen molar-refractivity contribution in [2.75, 3.05) is 32.0 Å². The molecule has 0 aromatic carbocycles. The second kappa shape index (κ2) is 8.19. The minimum absolute atomic E-state index is 0.122. The van der Waals surface area contributed by atoms with Gasteiger partial charge in [-0.3, -0.25) is 9.69 Å². The van der Waals surface area contributed by atoms with Gasteiger partial charge in [-0.1, -0.05) is 23.8 Å². The zero-order chi connectivity index (χ0) is 18.5. The summed E-state index contributed by atoms with van der Waals surface area (Å²) in [5.41, 5.74) is 3.60. The number of carbonyl (C=O) groups excluding carboxylic acids is 1. The summed E-state index contributed by atoms with van der Waals surface area (Å²) in [7, 11) is 1.64. The van der Waals surface area contributed by atoms with Crippen LogP contribution in [-0.4, -0.2) is 53.5 Å². The second-order valence-electron chi connectivity index (χ2n) is 6.77. The van der Waals surface area contributed by atoms with E-state index in [-0.39, 0.29) is 5.91 Å². The average molecular weight is 353 g/mol. The molecule has 1 fully saturated rings. The number of aromatic nitrogens is 2. The molecule has 1 aliphatic rings. The maximum atomic E-state index is 12.3. The van der Waals surface area contributed by atoms with E-state index < -0.39 is 0 Å². The Balaban J connectivity index is 1.75. The fourth-order valence-corrected chi connectivity index (χ4v) is 3.43. The third-order valence-corrected chi connectivity index (χ3v) is 4.73. The van der Waals surface area contributed by atoms with Gasteiger partial charge in [-0.2, -0.15) is 0 Å². The van der Waals surface area contributed by atoms with E-state index in [9.17, 15) is 4.79 Å². The average Bonchev–Trinajstić information content (AvgIpc) is 3.29. The fourth-order valence-electron chi connectivity index (χ4n) is 3.43. The van der Waals surface area contributed by atoms with Crippen LogP contribution in [0.2, 0.25) is 0 Å². The summed E-state index contributed by atoms with van der Waals surface area (Å²) in [6, 6.07) is 2.28. The number of pyridine rings is 1. The Labute approximate surface area is 154 Å². The van der Waals surface area contributed by atoms with Crippen LogP contribution in [0.1, 0.15) is 30.6 Å². The molecule has 1 atom stereocenters. The molecule has 0 saturated carbocycles. The van der Waals surface area contributed by atoms with Gasteiger partial charge in [-0.15, -0.1) is 0 Å². The lowest BCUT2D eigenvalue weighted by molar-refractivity contribution is 0.0963. The van der Waals surface area contributed by atoms with E-state index in [1.165, 1.54) is 5.57 Å². The van der Waals surface area contributed by atoms with Crippen LogP contribution in [0.25, 0.3) is 11.0 Å². The van der Waals surface area contributed by atoms with Crippen molar-refractivity contribution in [2.45, 2.75) is 26.3 Å². The van der Waals surface area contributed by atoms with E-state index in [1.54, 1.807) is 13.2 Å². The van der Waals surface area contributed by atoms with Gasteiger partial charge in [0.2, 0.25) is 0 Å². The van der Waals surface area contributed by atoms with Gasteiger partial charge in [0, 0.05) is 50.5 Å². The molecule has 3 heterocycles. The maximum absolute atomic E-state index is 12.3. The van der Waals surface area contributed by atoms with Crippen LogP contribution < -0.4 is 10.6 Å². The molecule has 2 aromatic rings. The predicted octanol–water partition coefficient (Wildman–Crippen LogP) is 2.93. The summed E-state index contributed by atoms with van der Waals surface area (Å²) in [6.07, 6.45) is 10.8. The Morgan fingerprint density at radius 3 is 3.12 bits per heavy atom. The van der Waals surface area contributed by atoms with Crippen LogP contribution >= 0.6 is 0 Å². The van der Waals surface area contributed by atoms with Crippen LogP contribution in [0.5, 0.6) is 0 Å². The first-order valence-electron chi connectivity index (χ1n) is 9.08. The van der Waals surface area contributed by atoms with Crippen molar-refractivity contribution in [1.82, 2.24) is 20.2 Å². The lowest BCUT2D eigenvalue weighted by Gasteiger charge is -2.19. The fraction of sp³-hybridized carbons (Fsp3) is 0.400. The Hall–Kier alpha value is -2.60. The molecular formula is C20H27N5O. The molecule has 6 nitrogen and oxygen atoms in total. The number of allylic oxidation sites excluding steroid dienone is 3. The van der Waals surface area contributed by atoms with Gasteiger partial charge in [0.25, 0.3) is 5.91 Å². The number of hydrogen-bond donors (Lipinski definition) is 3. The summed E-state index contributed by atoms with van der Waals surface area (Å²) < 4.78 is 0. The van der Waals surface area contributed by atoms with Crippen molar-refractivity contribution >= 4 is 22.6 Å². The van der Waals surface area contributed by atoms with Crippen LogP contribution in [0, 0.1) is 0 Å². The SMILES string of the molecule is C/C=C\C=C(/C)CN1CCC(Nc2c(C(=O)NC)cnc3[nH]ccc23)C1. The van der Waals surface area contributed by atoms with Gasteiger partial charge in [0.05, 0.1) is 11.3 Å². The number of aromatic amines is 1. The Bertz CT molecular complexity index is 836. The lowest BCUT2D eigenvalue weighted by Crippen LogP contribution is -2.29. The standard InChI is InChI=1S/C20H27N5O/c1-4-5-6-14(2)12-25-10-8-15(13-25)24-18-16-7-9-22-19(16)23-11-17(18)20(26)21-3/h4-7,9,11,15H,8,10,12-13H2,1-3H3,(H,21,26)(H2,22,23,24)/b5-4-,14-6+. The highest BCUT2D eigenvalue weighted by Gasteiger charge is 2.25. The van der Waals surface area contributed by atoms with Crippen LogP contribution in [0.3, 0.4) is 0 Å². The third kappa shape index (κ3) is 3.96. The Kier molecular flexibility index (Phi) is 5.73. The largest absolute Gasteiger partial charge is 0.380 e. The predicted molar refractivity (Wildman–Crippen MR) is 107 cm³/mol. The third-order valence-electron chi connectivity index (χ3n) is 4.73. The number of nitrogens with one attached hydrogen (secondary N) is 3. The molecule has 0 bridgehead atoms. The van der Waals surface area contributed by atoms with Crippen molar-refractivity contribution in [1.29, 1.82) is 0 Å². The monoisotopic (exact) mass is 353 g/mol. The van der Waals surface area contributed by atoms with E-state index >= 15 is 0 Å². The maximum Gasteiger partial charge on any atom is 0.254 e. The van der Waals surface area contributed by atoms with Crippen molar-refractivity contribution in [3.05, 3.63) is 47.8 Å². The van der Waals surface area contributed by atoms with Gasteiger partial charge in [0.15, 0.2) is 0 Å². The molecule has 2 aromatic heterocycles. The second-order valence-corrected chi connectivity index (χ2v) is 6.77. The molecule has 3 N–H and O–H groups in total. The quantitative estimate of drug-likeness (QED) is 0.698. The number of rotatable bonds is 6. The highest BCUT2D eigenvalue weighted by molar-refractivity contribution is 6.06. The number of hydrogen-bond acceptors (Lipinski definition) is 4. The number of fused-ring (bicyclic) bond motifs is 1. The number of nitrogens with zero attached hydrogens (tertiary/aromatic N) is 2. The molecule has 0 aliphatic carbocycles. The number of amides is 1. The van der Waals surface area contributed by atoms with Gasteiger partial charge in [0.1, 0.15) is 5.65 Å². The van der Waals surface area contributed by atoms with Gasteiger partial charge in [-0.25, -0.2) is 4.98 Å². The molecule has 138 valence electrons. The zero-order valence-corrected chi connectivity index (χ0v) is 15.7. The summed E-state index contributed by atoms with van der Waals surface area (Å²) in [6.45, 7) is 7.18. The van der Waals surface area contributed by atoms with Gasteiger partial charge >= 0.3 is 0 Å². The number of carbonyl (C=O) groups is 1. The molecule has 0 spiro atoms. The van der Waals surface area contributed by atoms with Gasteiger partial charge in [-0.05, 0) is 26.3 Å². The summed E-state index contributed by atoms with van der Waals surface area (Å²) in [5, 5.41) is 7.26. The van der Waals surface area contributed by atoms with Crippen molar-refractivity contribution in [2.24, 2.45) is 0 Å². The highest BCUT2D eigenvalue weighted by Crippen LogP contribution is 2.28. The van der Waals surface area contributed by atoms with E-state index in [1.807, 2.05) is 25.3 Å². The number of anilines is 1. The molecule has 6 heteroatoms. The number of H-pyrrole nitrogens is 1. The molecule has 0 radical (unpaired) electrons. The van der Waals surface area contributed by atoms with E-state index in [2.05, 4.69) is 44.6 Å². The van der Waals surface area contributed by atoms with Crippen molar-refractivity contribution in [3.8, 4) is 0 Å². The molecular weight excluding hydrogens is 326 g/mol. The molecule has 1 aliphatic heterocycles. The van der Waals surface area contributed by atoms with E-state index in [0.29, 0.717) is 11.6 Å². The molecule has 1 saturated heterocycles. The minimum Gasteiger partial charge on any atom is -0.380 e. The highest BCUT2D eigenvalue weighted by atomic mass is 16.1. The van der Waals surface area contributed by atoms with Crippen LogP contribution in [0.15, 0.2) is 42.3 Å². The summed E-state index contributed by atoms with van der Waals surface area (Å²) in [5.74, 6) is -0.122. The van der Waals surface area contributed by atoms with Crippen molar-refractivity contribution in [3.63, 3.8) is 0 Å². The van der Waals surface area contributed by atoms with E-state index in [0.717, 1.165) is 42.8 Å². The molecule has 3 rings (SSSR count). The first-order valence-corrected chi connectivity index (χ1v) is 9.08. The van der Waals surface area contributed by atoms with Crippen LogP contribution in [-0.2, 0) is 0 Å². The first-order chi connectivity index (χ1) is 12.6. The minimum atomic E-state index is -0.122. The first kappa shape index (κ1) is 18.2. The number of likely N-dealkylation sites (tertiary alicyclic amines) is 1. The summed E-state index contributed by atoms with van der Waals surface area (Å²) in [4.78, 5) is 22.2. The normalized spacial score (nSPS) is 18.7. The van der Waals surface area contributed by atoms with E-state index in [4.69, 9.17) is 0 Å². The molecule has 26 heavy (non-hydrogen) atoms. The van der Waals surface area contributed by atoms with Crippen molar-refractivity contribution < 1.29 is 4.79 Å². The Morgan fingerprint density at radius 1 is 1.50 bits per heavy atom. The molecule has 1 amide bonds. The molecule has 1 unspecified atom stereocenters. The smallest absolute Gasteiger partial charge is 0.254 e. The van der Waals surface area contributed by atoms with Crippen LogP contribution in [0.4, 0.5) is 5.69 Å². The zero-order valence-electron chi connectivity index (χ0n) is 15.7. The summed E-state index contributed by atoms with van der Waals surface area (Å²) >= 11 is 0. The Morgan fingerprint density at radius 2 is 2.35 bits per heavy atom. The topological polar surface area (TPSA) is 73.1 Å². The van der Waals surface area contributed by atoms with Gasteiger partial charge < -0.3 is 15.6 Å². The lowest BCUT2D eigenvalue weighted by atomic mass is 10.1.